The van der Waals surface area contributed by atoms with Gasteiger partial charge in [0.15, 0.2) is 0 Å². The van der Waals surface area contributed by atoms with Crippen molar-refractivity contribution >= 4 is 10.8 Å². The molecule has 1 unspecified atom stereocenters. The predicted molar refractivity (Wildman–Crippen MR) is 40.6 cm³/mol. The van der Waals surface area contributed by atoms with Gasteiger partial charge >= 0.3 is 0 Å². The van der Waals surface area contributed by atoms with Gasteiger partial charge in [0.05, 0.1) is 0 Å². The normalized spacial score (nSPS) is 24.0. The van der Waals surface area contributed by atoms with E-state index in [0.29, 0.717) is 5.25 Å². The topological polar surface area (TPSA) is 17.1 Å². The van der Waals surface area contributed by atoms with E-state index < -0.39 is 10.8 Å². The SMILES string of the molecule is C=CS(=O)C1CCCC1. The van der Waals surface area contributed by atoms with E-state index in [1.165, 1.54) is 12.8 Å². The molecule has 0 aliphatic heterocycles. The Morgan fingerprint density at radius 3 is 2.44 bits per heavy atom. The molecule has 0 aromatic carbocycles. The molecule has 0 amide bonds. The molecule has 0 spiro atoms. The fraction of sp³-hybridized carbons (Fsp3) is 0.714. The second-order valence-corrected chi connectivity index (χ2v) is 4.06. The van der Waals surface area contributed by atoms with Crippen molar-refractivity contribution in [3.63, 3.8) is 0 Å². The van der Waals surface area contributed by atoms with Crippen LogP contribution < -0.4 is 0 Å². The lowest BCUT2D eigenvalue weighted by Gasteiger charge is -2.01. The average molecular weight is 144 g/mol. The van der Waals surface area contributed by atoms with E-state index in [2.05, 4.69) is 6.58 Å². The van der Waals surface area contributed by atoms with Crippen molar-refractivity contribution in [1.29, 1.82) is 0 Å². The van der Waals surface area contributed by atoms with Gasteiger partial charge in [-0.25, -0.2) is 0 Å². The average Bonchev–Trinajstić information content (AvgIpc) is 2.37. The lowest BCUT2D eigenvalue weighted by Crippen LogP contribution is -2.06. The lowest BCUT2D eigenvalue weighted by molar-refractivity contribution is 0.675. The van der Waals surface area contributed by atoms with E-state index >= 15 is 0 Å². The molecule has 9 heavy (non-hydrogen) atoms. The number of hydrogen-bond acceptors (Lipinski definition) is 1. The van der Waals surface area contributed by atoms with Gasteiger partial charge in [-0.3, -0.25) is 4.21 Å². The van der Waals surface area contributed by atoms with Crippen molar-refractivity contribution in [2.45, 2.75) is 30.9 Å². The fourth-order valence-corrected chi connectivity index (χ4v) is 2.33. The van der Waals surface area contributed by atoms with Gasteiger partial charge in [-0.1, -0.05) is 19.4 Å². The standard InChI is InChI=1S/C7H12OS/c1-2-9(8)7-5-3-4-6-7/h2,7H,1,3-6H2. The highest BCUT2D eigenvalue weighted by Crippen LogP contribution is 2.22. The van der Waals surface area contributed by atoms with Gasteiger partial charge in [0.25, 0.3) is 0 Å². The third-order valence-corrected chi connectivity index (χ3v) is 3.25. The van der Waals surface area contributed by atoms with Gasteiger partial charge in [0, 0.05) is 16.0 Å². The summed E-state index contributed by atoms with van der Waals surface area (Å²) in [5.74, 6) is 0. The van der Waals surface area contributed by atoms with Gasteiger partial charge < -0.3 is 0 Å². The van der Waals surface area contributed by atoms with E-state index in [9.17, 15) is 4.21 Å². The van der Waals surface area contributed by atoms with Crippen LogP contribution in [-0.2, 0) is 10.8 Å². The minimum Gasteiger partial charge on any atom is -0.255 e. The molecule has 0 heterocycles. The van der Waals surface area contributed by atoms with Crippen LogP contribution in [0.2, 0.25) is 0 Å². The van der Waals surface area contributed by atoms with Gasteiger partial charge in [-0.2, -0.15) is 0 Å². The Kier molecular flexibility index (Phi) is 2.46. The highest BCUT2D eigenvalue weighted by Gasteiger charge is 2.18. The van der Waals surface area contributed by atoms with E-state index in [-0.39, 0.29) is 0 Å². The molecule has 0 radical (unpaired) electrons. The summed E-state index contributed by atoms with van der Waals surface area (Å²) in [6.45, 7) is 3.51. The van der Waals surface area contributed by atoms with Crippen LogP contribution in [0.1, 0.15) is 25.7 Å². The smallest absolute Gasteiger partial charge is 0.0481 e. The molecule has 1 aliphatic rings. The maximum absolute atomic E-state index is 11.0. The Hall–Kier alpha value is -0.110. The van der Waals surface area contributed by atoms with E-state index in [1.807, 2.05) is 0 Å². The van der Waals surface area contributed by atoms with Gasteiger partial charge in [0.2, 0.25) is 0 Å². The zero-order chi connectivity index (χ0) is 6.69. The molecule has 0 N–H and O–H groups in total. The molecule has 1 saturated carbocycles. The zero-order valence-corrected chi connectivity index (χ0v) is 6.32. The largest absolute Gasteiger partial charge is 0.255 e. The monoisotopic (exact) mass is 144 g/mol. The molecular formula is C7H12OS. The molecular weight excluding hydrogens is 132 g/mol. The van der Waals surface area contributed by atoms with Crippen molar-refractivity contribution < 1.29 is 4.21 Å². The van der Waals surface area contributed by atoms with Crippen LogP contribution in [0.25, 0.3) is 0 Å². The minimum atomic E-state index is -0.738. The number of hydrogen-bond donors (Lipinski definition) is 0. The predicted octanol–water partition coefficient (Wildman–Crippen LogP) is 1.82. The van der Waals surface area contributed by atoms with Gasteiger partial charge in [-0.15, -0.1) is 0 Å². The van der Waals surface area contributed by atoms with Gasteiger partial charge in [0.1, 0.15) is 0 Å². The summed E-state index contributed by atoms with van der Waals surface area (Å²) in [6.07, 6.45) is 4.78. The molecule has 52 valence electrons. The first-order valence-electron chi connectivity index (χ1n) is 3.36. The van der Waals surface area contributed by atoms with Crippen molar-refractivity contribution in [3.8, 4) is 0 Å². The Morgan fingerprint density at radius 1 is 1.44 bits per heavy atom. The maximum atomic E-state index is 11.0. The summed E-state index contributed by atoms with van der Waals surface area (Å²) >= 11 is 0. The van der Waals surface area contributed by atoms with E-state index in [0.717, 1.165) is 12.8 Å². The second kappa shape index (κ2) is 3.16. The Morgan fingerprint density at radius 2 is 2.00 bits per heavy atom. The third kappa shape index (κ3) is 1.65. The molecule has 1 rings (SSSR count). The highest BCUT2D eigenvalue weighted by atomic mass is 32.2. The molecule has 2 heteroatoms. The zero-order valence-electron chi connectivity index (χ0n) is 5.51. The van der Waals surface area contributed by atoms with Crippen LogP contribution in [0.3, 0.4) is 0 Å². The Labute approximate surface area is 58.6 Å². The minimum absolute atomic E-state index is 0.433. The van der Waals surface area contributed by atoms with Crippen LogP contribution in [0, 0.1) is 0 Å². The highest BCUT2D eigenvalue weighted by molar-refractivity contribution is 7.88. The summed E-state index contributed by atoms with van der Waals surface area (Å²) in [6, 6.07) is 0. The summed E-state index contributed by atoms with van der Waals surface area (Å²) in [4.78, 5) is 0. The fourth-order valence-electron chi connectivity index (χ4n) is 1.26. The van der Waals surface area contributed by atoms with Crippen molar-refractivity contribution in [1.82, 2.24) is 0 Å². The quantitative estimate of drug-likeness (QED) is 0.577. The van der Waals surface area contributed by atoms with Crippen molar-refractivity contribution in [2.75, 3.05) is 0 Å². The molecule has 1 aliphatic carbocycles. The molecule has 1 fully saturated rings. The maximum Gasteiger partial charge on any atom is 0.0481 e. The van der Waals surface area contributed by atoms with Crippen LogP contribution in [0.15, 0.2) is 12.0 Å². The summed E-state index contributed by atoms with van der Waals surface area (Å²) in [5, 5.41) is 2.00. The molecule has 1 atom stereocenters. The Bertz CT molecular complexity index is 125. The van der Waals surface area contributed by atoms with Crippen LogP contribution in [0.4, 0.5) is 0 Å². The molecule has 1 nitrogen and oxygen atoms in total. The second-order valence-electron chi connectivity index (χ2n) is 2.40. The summed E-state index contributed by atoms with van der Waals surface area (Å²) < 4.78 is 11.0. The van der Waals surface area contributed by atoms with E-state index in [4.69, 9.17) is 0 Å². The molecule has 0 saturated heterocycles. The first kappa shape index (κ1) is 7.00. The number of rotatable bonds is 2. The molecule has 0 bridgehead atoms. The summed E-state index contributed by atoms with van der Waals surface area (Å²) in [7, 11) is -0.738. The van der Waals surface area contributed by atoms with Crippen LogP contribution in [-0.4, -0.2) is 9.46 Å². The Balaban J connectivity index is 2.41. The van der Waals surface area contributed by atoms with E-state index in [1.54, 1.807) is 5.41 Å². The van der Waals surface area contributed by atoms with Crippen molar-refractivity contribution in [3.05, 3.63) is 12.0 Å². The molecule has 0 aromatic heterocycles. The van der Waals surface area contributed by atoms with Crippen molar-refractivity contribution in [2.24, 2.45) is 0 Å². The molecule has 0 aromatic rings. The third-order valence-electron chi connectivity index (χ3n) is 1.79. The summed E-state index contributed by atoms with van der Waals surface area (Å²) in [5.41, 5.74) is 0. The van der Waals surface area contributed by atoms with Crippen LogP contribution >= 0.6 is 0 Å². The lowest BCUT2D eigenvalue weighted by atomic mass is 10.4. The first-order chi connectivity index (χ1) is 4.34. The first-order valence-corrected chi connectivity index (χ1v) is 4.64. The van der Waals surface area contributed by atoms with Gasteiger partial charge in [-0.05, 0) is 18.2 Å². The van der Waals surface area contributed by atoms with Crippen LogP contribution in [0.5, 0.6) is 0 Å².